The normalized spacial score (nSPS) is 22.2. The molecule has 2 aliphatic rings. The monoisotopic (exact) mass is 513 g/mol. The molecular formula is C26H29F2N5O2S. The van der Waals surface area contributed by atoms with Crippen LogP contribution in [0.25, 0.3) is 0 Å². The van der Waals surface area contributed by atoms with E-state index in [1.807, 2.05) is 4.90 Å². The zero-order chi connectivity index (χ0) is 25.1. The number of halogens is 2. The van der Waals surface area contributed by atoms with Crippen LogP contribution < -0.4 is 4.90 Å². The van der Waals surface area contributed by atoms with E-state index in [-0.39, 0.29) is 11.2 Å². The van der Waals surface area contributed by atoms with E-state index in [1.165, 1.54) is 24.0 Å². The number of piperazine rings is 1. The molecule has 2 aromatic carbocycles. The van der Waals surface area contributed by atoms with E-state index in [9.17, 15) is 13.6 Å². The van der Waals surface area contributed by atoms with E-state index in [0.29, 0.717) is 25.1 Å². The average molecular weight is 514 g/mol. The lowest BCUT2D eigenvalue weighted by Gasteiger charge is -2.35. The van der Waals surface area contributed by atoms with Crippen molar-refractivity contribution in [1.29, 1.82) is 0 Å². The average Bonchev–Trinajstić information content (AvgIpc) is 3.54. The van der Waals surface area contributed by atoms with Gasteiger partial charge in [0.25, 0.3) is 0 Å². The van der Waals surface area contributed by atoms with Gasteiger partial charge in [-0.15, -0.1) is 0 Å². The molecule has 36 heavy (non-hydrogen) atoms. The summed E-state index contributed by atoms with van der Waals surface area (Å²) in [4.78, 5) is 19.7. The van der Waals surface area contributed by atoms with Gasteiger partial charge in [0, 0.05) is 61.4 Å². The third kappa shape index (κ3) is 5.39. The maximum absolute atomic E-state index is 14.8. The Bertz CT molecular complexity index is 1190. The molecule has 2 aliphatic heterocycles. The molecule has 5 rings (SSSR count). The summed E-state index contributed by atoms with van der Waals surface area (Å²) in [5.41, 5.74) is 1.77. The van der Waals surface area contributed by atoms with Crippen molar-refractivity contribution in [2.75, 3.05) is 37.7 Å². The molecule has 2 unspecified atom stereocenters. The van der Waals surface area contributed by atoms with Crippen molar-refractivity contribution in [2.45, 2.75) is 36.5 Å². The van der Waals surface area contributed by atoms with Gasteiger partial charge >= 0.3 is 0 Å². The topological polar surface area (TPSA) is 63.5 Å². The molecule has 2 fully saturated rings. The molecule has 0 N–H and O–H groups in total. The fourth-order valence-corrected chi connectivity index (χ4v) is 6.13. The van der Waals surface area contributed by atoms with Gasteiger partial charge < -0.3 is 14.5 Å². The molecule has 0 saturated carbocycles. The van der Waals surface area contributed by atoms with Crippen LogP contribution in [-0.4, -0.2) is 63.6 Å². The van der Waals surface area contributed by atoms with Gasteiger partial charge in [0.2, 0.25) is 5.91 Å². The van der Waals surface area contributed by atoms with E-state index in [2.05, 4.69) is 39.2 Å². The van der Waals surface area contributed by atoms with E-state index in [4.69, 9.17) is 4.74 Å². The molecule has 0 spiro atoms. The Morgan fingerprint density at radius 2 is 1.92 bits per heavy atom. The van der Waals surface area contributed by atoms with Crippen LogP contribution in [0.15, 0.2) is 55.1 Å². The summed E-state index contributed by atoms with van der Waals surface area (Å²) in [7, 11) is 0. The largest absolute Gasteiger partial charge is 0.368 e. The molecule has 0 aliphatic carbocycles. The number of rotatable bonds is 7. The van der Waals surface area contributed by atoms with Crippen molar-refractivity contribution in [3.05, 3.63) is 77.9 Å². The molecule has 10 heteroatoms. The van der Waals surface area contributed by atoms with Crippen LogP contribution in [0.4, 0.5) is 14.5 Å². The molecular weight excluding hydrogens is 484 g/mol. The first-order valence-corrected chi connectivity index (χ1v) is 13.1. The molecule has 1 amide bonds. The van der Waals surface area contributed by atoms with Gasteiger partial charge in [-0.3, -0.25) is 4.79 Å². The van der Waals surface area contributed by atoms with Crippen molar-refractivity contribution < 1.29 is 18.3 Å². The smallest absolute Gasteiger partial charge is 0.219 e. The molecule has 190 valence electrons. The summed E-state index contributed by atoms with van der Waals surface area (Å²) in [5, 5.41) is 4.32. The maximum atomic E-state index is 14.8. The number of ether oxygens (including phenoxy) is 1. The van der Waals surface area contributed by atoms with Crippen molar-refractivity contribution in [2.24, 2.45) is 0 Å². The van der Waals surface area contributed by atoms with E-state index >= 15 is 0 Å². The van der Waals surface area contributed by atoms with Crippen molar-refractivity contribution in [3.63, 3.8) is 0 Å². The molecule has 2 saturated heterocycles. The number of hydrogen-bond acceptors (Lipinski definition) is 6. The van der Waals surface area contributed by atoms with Gasteiger partial charge in [-0.25, -0.2) is 18.4 Å². The Morgan fingerprint density at radius 1 is 1.14 bits per heavy atom. The standard InChI is InChI=1S/C26H29F2N5O2S/c1-19(34)31-8-10-32(11-9-31)22-5-2-20(3-6-22)15-36-23-13-26(35-14-23,16-33-18-29-17-30-33)24-7-4-21(27)12-25(24)28/h2-7,12,17-18,23H,8-11,13-16H2,1H3. The Hall–Kier alpha value is -2.98. The molecule has 0 bridgehead atoms. The van der Waals surface area contributed by atoms with Crippen LogP contribution >= 0.6 is 11.8 Å². The number of thioether (sulfide) groups is 1. The maximum Gasteiger partial charge on any atom is 0.219 e. The second-order valence-electron chi connectivity index (χ2n) is 9.32. The first-order chi connectivity index (χ1) is 17.4. The Labute approximate surface area is 213 Å². The predicted octanol–water partition coefficient (Wildman–Crippen LogP) is 3.84. The summed E-state index contributed by atoms with van der Waals surface area (Å²) in [6, 6.07) is 12.2. The van der Waals surface area contributed by atoms with E-state index in [0.717, 1.165) is 43.7 Å². The van der Waals surface area contributed by atoms with Gasteiger partial charge in [-0.1, -0.05) is 18.2 Å². The third-order valence-corrected chi connectivity index (χ3v) is 8.20. The molecule has 2 atom stereocenters. The van der Waals surface area contributed by atoms with Crippen molar-refractivity contribution in [1.82, 2.24) is 19.7 Å². The van der Waals surface area contributed by atoms with Crippen molar-refractivity contribution in [3.8, 4) is 0 Å². The molecule has 7 nitrogen and oxygen atoms in total. The molecule has 0 radical (unpaired) electrons. The minimum Gasteiger partial charge on any atom is -0.368 e. The van der Waals surface area contributed by atoms with Gasteiger partial charge in [0.1, 0.15) is 29.9 Å². The lowest BCUT2D eigenvalue weighted by molar-refractivity contribution is -0.129. The van der Waals surface area contributed by atoms with E-state index in [1.54, 1.807) is 29.7 Å². The highest BCUT2D eigenvalue weighted by atomic mass is 32.2. The fraction of sp³-hybridized carbons (Fsp3) is 0.423. The predicted molar refractivity (Wildman–Crippen MR) is 135 cm³/mol. The van der Waals surface area contributed by atoms with Crippen LogP contribution in [0.5, 0.6) is 0 Å². The first kappa shape index (κ1) is 24.7. The summed E-state index contributed by atoms with van der Waals surface area (Å²) in [6.45, 7) is 5.56. The summed E-state index contributed by atoms with van der Waals surface area (Å²) < 4.78 is 36.3. The summed E-state index contributed by atoms with van der Waals surface area (Å²) in [6.07, 6.45) is 3.59. The van der Waals surface area contributed by atoms with Crippen LogP contribution in [0.1, 0.15) is 24.5 Å². The number of carbonyl (C=O) groups is 1. The molecule has 3 heterocycles. The zero-order valence-electron chi connectivity index (χ0n) is 20.1. The number of carbonyl (C=O) groups excluding carboxylic acids is 1. The molecule has 3 aromatic rings. The SMILES string of the molecule is CC(=O)N1CCN(c2ccc(CSC3COC(Cn4cncn4)(c4ccc(F)cc4F)C3)cc2)CC1. The Morgan fingerprint density at radius 3 is 2.58 bits per heavy atom. The number of amides is 1. The first-order valence-electron chi connectivity index (χ1n) is 12.0. The number of benzene rings is 2. The highest BCUT2D eigenvalue weighted by molar-refractivity contribution is 7.99. The lowest BCUT2D eigenvalue weighted by atomic mass is 9.90. The second kappa shape index (κ2) is 10.6. The highest BCUT2D eigenvalue weighted by Gasteiger charge is 2.44. The van der Waals surface area contributed by atoms with Crippen LogP contribution in [0.2, 0.25) is 0 Å². The van der Waals surface area contributed by atoms with Crippen LogP contribution in [0, 0.1) is 11.6 Å². The quantitative estimate of drug-likeness (QED) is 0.479. The van der Waals surface area contributed by atoms with E-state index < -0.39 is 17.2 Å². The minimum atomic E-state index is -0.935. The Kier molecular flexibility index (Phi) is 7.25. The van der Waals surface area contributed by atoms with Gasteiger partial charge in [0.05, 0.1) is 13.2 Å². The van der Waals surface area contributed by atoms with Crippen LogP contribution in [0.3, 0.4) is 0 Å². The number of nitrogens with zero attached hydrogens (tertiary/aromatic N) is 5. The van der Waals surface area contributed by atoms with Gasteiger partial charge in [-0.05, 0) is 30.2 Å². The van der Waals surface area contributed by atoms with Gasteiger partial charge in [0.15, 0.2) is 0 Å². The minimum absolute atomic E-state index is 0.130. The fourth-order valence-electron chi connectivity index (χ4n) is 4.96. The number of aromatic nitrogens is 3. The highest BCUT2D eigenvalue weighted by Crippen LogP contribution is 2.43. The Balaban J connectivity index is 1.22. The van der Waals surface area contributed by atoms with Crippen molar-refractivity contribution >= 4 is 23.4 Å². The lowest BCUT2D eigenvalue weighted by Crippen LogP contribution is -2.48. The zero-order valence-corrected chi connectivity index (χ0v) is 21.0. The summed E-state index contributed by atoms with van der Waals surface area (Å²) >= 11 is 1.78. The molecule has 1 aromatic heterocycles. The second-order valence-corrected chi connectivity index (χ2v) is 10.6. The van der Waals surface area contributed by atoms with Gasteiger partial charge in [-0.2, -0.15) is 16.9 Å². The number of hydrogen-bond donors (Lipinski definition) is 0. The summed E-state index contributed by atoms with van der Waals surface area (Å²) in [5.74, 6) is -0.288. The third-order valence-electron chi connectivity index (χ3n) is 6.92. The number of anilines is 1. The van der Waals surface area contributed by atoms with Crippen LogP contribution in [-0.2, 0) is 27.4 Å².